The molecule has 2 aromatic heterocycles. The number of nitrogens with zero attached hydrogens (tertiary/aromatic N) is 3. The van der Waals surface area contributed by atoms with Gasteiger partial charge in [0.05, 0.1) is 25.7 Å². The molecular weight excluding hydrogens is 358 g/mol. The second-order valence-corrected chi connectivity index (χ2v) is 8.08. The second kappa shape index (κ2) is 7.22. The molecule has 1 atom stereocenters. The minimum Gasteiger partial charge on any atom is -0.376 e. The van der Waals surface area contributed by atoms with E-state index in [2.05, 4.69) is 40.0 Å². The van der Waals surface area contributed by atoms with Crippen molar-refractivity contribution in [2.45, 2.75) is 45.0 Å². The smallest absolute Gasteiger partial charge is 0.203 e. The Balaban J connectivity index is 1.58. The second-order valence-electron chi connectivity index (χ2n) is 7.71. The molecule has 0 radical (unpaired) electrons. The lowest BCUT2D eigenvalue weighted by atomic mass is 10.1. The average Bonchev–Trinajstić information content (AvgIpc) is 3.47. The molecule has 7 heteroatoms. The van der Waals surface area contributed by atoms with Crippen molar-refractivity contribution in [3.05, 3.63) is 35.2 Å². The van der Waals surface area contributed by atoms with Gasteiger partial charge < -0.3 is 14.6 Å². The van der Waals surface area contributed by atoms with E-state index in [1.807, 2.05) is 4.68 Å². The van der Waals surface area contributed by atoms with Gasteiger partial charge in [-0.05, 0) is 31.1 Å². The number of hydrogen-bond donors (Lipinski definition) is 2. The van der Waals surface area contributed by atoms with E-state index in [-0.39, 0.29) is 6.10 Å². The van der Waals surface area contributed by atoms with E-state index < -0.39 is 0 Å². The Hall–Kier alpha value is -1.96. The third-order valence-corrected chi connectivity index (χ3v) is 6.28. The summed E-state index contributed by atoms with van der Waals surface area (Å²) in [5.74, 6) is 0.951. The fraction of sp³-hybridized carbons (Fsp3) is 0.500. The van der Waals surface area contributed by atoms with Crippen molar-refractivity contribution < 1.29 is 9.64 Å². The molecule has 4 heterocycles. The molecule has 2 N–H and O–H groups in total. The molecule has 2 fully saturated rings. The van der Waals surface area contributed by atoms with Crippen LogP contribution in [0.25, 0.3) is 22.3 Å². The van der Waals surface area contributed by atoms with E-state index in [9.17, 15) is 0 Å². The van der Waals surface area contributed by atoms with Crippen LogP contribution in [-0.2, 0) is 18.0 Å². The lowest BCUT2D eigenvalue weighted by Gasteiger charge is -2.12. The molecule has 0 unspecified atom stereocenters. The number of para-hydroxylation sites is 1. The maximum Gasteiger partial charge on any atom is 0.203 e. The molecule has 0 saturated carbocycles. The molecule has 2 aliphatic rings. The van der Waals surface area contributed by atoms with Crippen LogP contribution in [0.5, 0.6) is 0 Å². The molecule has 2 aliphatic heterocycles. The van der Waals surface area contributed by atoms with Crippen molar-refractivity contribution in [1.29, 1.82) is 0 Å². The molecular formula is C20H26N5OS+. The summed E-state index contributed by atoms with van der Waals surface area (Å²) in [6.07, 6.45) is 7.12. The van der Waals surface area contributed by atoms with E-state index in [1.165, 1.54) is 31.3 Å². The molecule has 27 heavy (non-hydrogen) atoms. The van der Waals surface area contributed by atoms with E-state index >= 15 is 0 Å². The zero-order valence-corrected chi connectivity index (χ0v) is 16.3. The molecule has 0 amide bonds. The van der Waals surface area contributed by atoms with Gasteiger partial charge in [0.15, 0.2) is 12.5 Å². The van der Waals surface area contributed by atoms with Crippen LogP contribution in [0.1, 0.15) is 25.7 Å². The maximum absolute atomic E-state index is 5.90. The Morgan fingerprint density at radius 2 is 2.07 bits per heavy atom. The third kappa shape index (κ3) is 3.24. The first-order chi connectivity index (χ1) is 13.3. The highest BCUT2D eigenvalue weighted by molar-refractivity contribution is 7.71. The summed E-state index contributed by atoms with van der Waals surface area (Å²) in [5, 5.41) is 6.17. The lowest BCUT2D eigenvalue weighted by molar-refractivity contribution is -0.911. The van der Waals surface area contributed by atoms with Gasteiger partial charge in [0, 0.05) is 42.1 Å². The minimum absolute atomic E-state index is 0.234. The summed E-state index contributed by atoms with van der Waals surface area (Å²) in [6, 6.07) is 8.37. The van der Waals surface area contributed by atoms with Crippen LogP contribution >= 0.6 is 12.2 Å². The van der Waals surface area contributed by atoms with Gasteiger partial charge in [0.1, 0.15) is 0 Å². The van der Waals surface area contributed by atoms with Gasteiger partial charge in [-0.1, -0.05) is 18.2 Å². The normalized spacial score (nSPS) is 20.8. The summed E-state index contributed by atoms with van der Waals surface area (Å²) >= 11 is 5.86. The van der Waals surface area contributed by atoms with Gasteiger partial charge in [-0.15, -0.1) is 5.10 Å². The predicted octanol–water partition coefficient (Wildman–Crippen LogP) is 2.38. The average molecular weight is 385 g/mol. The number of aromatic nitrogens is 4. The Labute approximate surface area is 163 Å². The van der Waals surface area contributed by atoms with Crippen molar-refractivity contribution >= 4 is 23.1 Å². The number of nitrogens with one attached hydrogen (secondary N) is 2. The van der Waals surface area contributed by atoms with E-state index in [4.69, 9.17) is 22.1 Å². The van der Waals surface area contributed by atoms with Crippen LogP contribution in [0.3, 0.4) is 0 Å². The number of H-pyrrole nitrogens is 1. The van der Waals surface area contributed by atoms with Gasteiger partial charge >= 0.3 is 0 Å². The van der Waals surface area contributed by atoms with Crippen LogP contribution in [-0.4, -0.2) is 45.1 Å². The largest absolute Gasteiger partial charge is 0.376 e. The van der Waals surface area contributed by atoms with Crippen LogP contribution in [0.2, 0.25) is 0 Å². The predicted molar refractivity (Wildman–Crippen MR) is 107 cm³/mol. The monoisotopic (exact) mass is 384 g/mol. The zero-order valence-electron chi connectivity index (χ0n) is 15.5. The molecule has 6 nitrogen and oxygen atoms in total. The number of rotatable bonds is 5. The Morgan fingerprint density at radius 1 is 1.22 bits per heavy atom. The summed E-state index contributed by atoms with van der Waals surface area (Å²) in [5.41, 5.74) is 2.24. The fourth-order valence-corrected chi connectivity index (χ4v) is 4.67. The van der Waals surface area contributed by atoms with Gasteiger partial charge in [-0.3, -0.25) is 4.57 Å². The van der Waals surface area contributed by atoms with E-state index in [0.29, 0.717) is 0 Å². The van der Waals surface area contributed by atoms with Crippen molar-refractivity contribution in [1.82, 2.24) is 19.3 Å². The van der Waals surface area contributed by atoms with E-state index in [0.717, 1.165) is 54.3 Å². The fourth-order valence-electron chi connectivity index (χ4n) is 4.40. The maximum atomic E-state index is 5.90. The first-order valence-corrected chi connectivity index (χ1v) is 10.4. The number of quaternary nitrogens is 1. The highest BCUT2D eigenvalue weighted by atomic mass is 32.1. The zero-order chi connectivity index (χ0) is 18.2. The molecule has 142 valence electrons. The van der Waals surface area contributed by atoms with Gasteiger partial charge in [-0.2, -0.15) is 4.68 Å². The molecule has 1 aromatic carbocycles. The van der Waals surface area contributed by atoms with Gasteiger partial charge in [0.25, 0.3) is 0 Å². The lowest BCUT2D eigenvalue weighted by Crippen LogP contribution is -3.09. The standard InChI is InChI=1S/C20H25N5OS/c27-20-24(13-15-6-5-11-26-15)19(22-25(20)14-23-9-3-4-10-23)17-12-21-18-8-2-1-7-16(17)18/h1-2,7-8,12,15,21H,3-6,9-11,13-14H2/p+1/t15-/m0/s1. The third-order valence-electron chi connectivity index (χ3n) is 5.85. The van der Waals surface area contributed by atoms with Crippen molar-refractivity contribution in [3.8, 4) is 11.4 Å². The van der Waals surface area contributed by atoms with Crippen molar-refractivity contribution in [2.75, 3.05) is 19.7 Å². The van der Waals surface area contributed by atoms with Crippen LogP contribution in [0.15, 0.2) is 30.5 Å². The quantitative estimate of drug-likeness (QED) is 0.664. The number of benzene rings is 1. The molecule has 3 aromatic rings. The molecule has 0 aliphatic carbocycles. The Kier molecular flexibility index (Phi) is 4.59. The first kappa shape index (κ1) is 17.2. The highest BCUT2D eigenvalue weighted by Crippen LogP contribution is 2.28. The first-order valence-electron chi connectivity index (χ1n) is 9.99. The Morgan fingerprint density at radius 3 is 2.89 bits per heavy atom. The SMILES string of the molecule is S=c1n(C[NH+]2CCCC2)nc(-c2c[nH]c3ccccc23)n1C[C@@H]1CCCO1. The van der Waals surface area contributed by atoms with Gasteiger partial charge in [-0.25, -0.2) is 0 Å². The minimum atomic E-state index is 0.234. The van der Waals surface area contributed by atoms with Crippen LogP contribution < -0.4 is 4.90 Å². The molecule has 5 rings (SSSR count). The van der Waals surface area contributed by atoms with E-state index in [1.54, 1.807) is 4.90 Å². The number of ether oxygens (including phenoxy) is 1. The van der Waals surface area contributed by atoms with Gasteiger partial charge in [0.2, 0.25) is 4.77 Å². The highest BCUT2D eigenvalue weighted by Gasteiger charge is 2.24. The summed E-state index contributed by atoms with van der Waals surface area (Å²) in [6.45, 7) is 4.91. The molecule has 0 spiro atoms. The summed E-state index contributed by atoms with van der Waals surface area (Å²) in [4.78, 5) is 4.94. The van der Waals surface area contributed by atoms with Crippen LogP contribution in [0, 0.1) is 4.77 Å². The summed E-state index contributed by atoms with van der Waals surface area (Å²) in [7, 11) is 0. The number of aromatic amines is 1. The summed E-state index contributed by atoms with van der Waals surface area (Å²) < 4.78 is 10.9. The number of fused-ring (bicyclic) bond motifs is 1. The van der Waals surface area contributed by atoms with Crippen molar-refractivity contribution in [2.24, 2.45) is 0 Å². The number of likely N-dealkylation sites (tertiary alicyclic amines) is 1. The van der Waals surface area contributed by atoms with Crippen molar-refractivity contribution in [3.63, 3.8) is 0 Å². The number of hydrogen-bond acceptors (Lipinski definition) is 3. The Bertz CT molecular complexity index is 991. The molecule has 0 bridgehead atoms. The molecule has 2 saturated heterocycles. The topological polar surface area (TPSA) is 52.2 Å². The van der Waals surface area contributed by atoms with Crippen LogP contribution in [0.4, 0.5) is 0 Å².